The Bertz CT molecular complexity index is 840. The predicted octanol–water partition coefficient (Wildman–Crippen LogP) is 2.30. The minimum Gasteiger partial charge on any atom is -0.495 e. The first-order chi connectivity index (χ1) is 12.9. The number of carbonyl (C=O) groups excluding carboxylic acids is 2. The molecule has 1 aromatic carbocycles. The Balaban J connectivity index is 1.71. The van der Waals surface area contributed by atoms with Crippen molar-refractivity contribution in [3.63, 3.8) is 0 Å². The summed E-state index contributed by atoms with van der Waals surface area (Å²) in [5.41, 5.74) is 0.608. The number of halogens is 2. The summed E-state index contributed by atoms with van der Waals surface area (Å²) in [6.45, 7) is -2.57. The fourth-order valence-corrected chi connectivity index (χ4v) is 3.20. The van der Waals surface area contributed by atoms with Gasteiger partial charge < -0.3 is 14.5 Å². The molecule has 1 fully saturated rings. The third kappa shape index (κ3) is 3.76. The Kier molecular flexibility index (Phi) is 5.38. The van der Waals surface area contributed by atoms with Crippen LogP contribution in [-0.4, -0.2) is 47.0 Å². The number of amides is 2. The number of aromatic nitrogens is 2. The van der Waals surface area contributed by atoms with Crippen molar-refractivity contribution in [3.8, 4) is 5.75 Å². The van der Waals surface area contributed by atoms with Crippen molar-refractivity contribution in [1.82, 2.24) is 14.5 Å². The van der Waals surface area contributed by atoms with Crippen LogP contribution in [-0.2, 0) is 16.1 Å². The number of nitrogens with zero attached hydrogens (tertiary/aromatic N) is 4. The van der Waals surface area contributed by atoms with Crippen LogP contribution in [0.3, 0.4) is 0 Å². The largest absolute Gasteiger partial charge is 0.495 e. The highest BCUT2D eigenvalue weighted by molar-refractivity contribution is 6.01. The lowest BCUT2D eigenvalue weighted by Gasteiger charge is -2.22. The van der Waals surface area contributed by atoms with E-state index in [1.54, 1.807) is 24.3 Å². The van der Waals surface area contributed by atoms with Gasteiger partial charge in [0.1, 0.15) is 11.6 Å². The van der Waals surface area contributed by atoms with E-state index in [1.165, 1.54) is 36.4 Å². The van der Waals surface area contributed by atoms with Crippen LogP contribution in [0.1, 0.15) is 18.8 Å². The smallest absolute Gasteiger partial charge is 0.319 e. The molecule has 0 N–H and O–H groups in total. The molecule has 1 saturated heterocycles. The predicted molar refractivity (Wildman–Crippen MR) is 93.4 cm³/mol. The standard InChI is InChI=1S/C18H20F2N4O3/c1-22(11-15-21-7-8-23(15)18(19)20)17(26)12-9-16(25)24(10-12)13-5-3-4-6-14(13)27-2/h3-8,12,18H,9-11H2,1-2H3. The lowest BCUT2D eigenvalue weighted by molar-refractivity contribution is -0.135. The average Bonchev–Trinajstić information content (AvgIpc) is 3.27. The second-order valence-electron chi connectivity index (χ2n) is 6.30. The molecule has 9 heteroatoms. The number of methoxy groups -OCH3 is 1. The maximum Gasteiger partial charge on any atom is 0.319 e. The summed E-state index contributed by atoms with van der Waals surface area (Å²) >= 11 is 0. The van der Waals surface area contributed by atoms with Gasteiger partial charge in [-0.05, 0) is 12.1 Å². The van der Waals surface area contributed by atoms with Crippen LogP contribution < -0.4 is 9.64 Å². The molecule has 144 valence electrons. The minimum absolute atomic E-state index is 0.0600. The van der Waals surface area contributed by atoms with Gasteiger partial charge in [0.2, 0.25) is 11.8 Å². The number of ether oxygens (including phenoxy) is 1. The van der Waals surface area contributed by atoms with E-state index in [0.717, 1.165) is 0 Å². The lowest BCUT2D eigenvalue weighted by atomic mass is 10.1. The molecule has 2 aromatic rings. The van der Waals surface area contributed by atoms with E-state index in [2.05, 4.69) is 4.98 Å². The maximum absolute atomic E-state index is 12.9. The van der Waals surface area contributed by atoms with Gasteiger partial charge in [-0.25, -0.2) is 4.98 Å². The number of carbonyl (C=O) groups is 2. The molecule has 1 aliphatic rings. The number of alkyl halides is 2. The van der Waals surface area contributed by atoms with Crippen LogP contribution in [0.5, 0.6) is 5.75 Å². The molecule has 7 nitrogen and oxygen atoms in total. The molecular weight excluding hydrogens is 358 g/mol. The number of hydrogen-bond acceptors (Lipinski definition) is 4. The maximum atomic E-state index is 12.9. The Morgan fingerprint density at radius 2 is 2.15 bits per heavy atom. The third-order valence-corrected chi connectivity index (χ3v) is 4.56. The molecule has 3 rings (SSSR count). The zero-order valence-corrected chi connectivity index (χ0v) is 15.0. The number of hydrogen-bond donors (Lipinski definition) is 0. The van der Waals surface area contributed by atoms with Gasteiger partial charge in [-0.2, -0.15) is 8.78 Å². The Morgan fingerprint density at radius 1 is 1.41 bits per heavy atom. The van der Waals surface area contributed by atoms with E-state index < -0.39 is 12.5 Å². The van der Waals surface area contributed by atoms with Crippen molar-refractivity contribution < 1.29 is 23.1 Å². The highest BCUT2D eigenvalue weighted by atomic mass is 19.3. The number of rotatable bonds is 6. The summed E-state index contributed by atoms with van der Waals surface area (Å²) in [4.78, 5) is 31.9. The van der Waals surface area contributed by atoms with Gasteiger partial charge in [-0.15, -0.1) is 0 Å². The van der Waals surface area contributed by atoms with Crippen LogP contribution in [0.2, 0.25) is 0 Å². The van der Waals surface area contributed by atoms with Crippen molar-refractivity contribution in [1.29, 1.82) is 0 Å². The molecule has 2 heterocycles. The molecule has 0 bridgehead atoms. The summed E-state index contributed by atoms with van der Waals surface area (Å²) in [5.74, 6) is -0.384. The molecule has 0 spiro atoms. The fourth-order valence-electron chi connectivity index (χ4n) is 3.20. The van der Waals surface area contributed by atoms with Gasteiger partial charge in [-0.1, -0.05) is 12.1 Å². The highest BCUT2D eigenvalue weighted by Crippen LogP contribution is 2.33. The fraction of sp³-hybridized carbons (Fsp3) is 0.389. The van der Waals surface area contributed by atoms with Crippen molar-refractivity contribution in [2.24, 2.45) is 5.92 Å². The molecular formula is C18H20F2N4O3. The molecule has 2 amide bonds. The van der Waals surface area contributed by atoms with E-state index in [1.807, 2.05) is 0 Å². The molecule has 1 unspecified atom stereocenters. The monoisotopic (exact) mass is 378 g/mol. The van der Waals surface area contributed by atoms with Crippen LogP contribution in [0.15, 0.2) is 36.7 Å². The quantitative estimate of drug-likeness (QED) is 0.774. The van der Waals surface area contributed by atoms with E-state index in [-0.39, 0.29) is 37.1 Å². The van der Waals surface area contributed by atoms with Crippen molar-refractivity contribution in [3.05, 3.63) is 42.5 Å². The Hall–Kier alpha value is -2.97. The molecule has 1 aliphatic heterocycles. The van der Waals surface area contributed by atoms with Gasteiger partial charge in [-0.3, -0.25) is 14.2 Å². The second kappa shape index (κ2) is 7.73. The average molecular weight is 378 g/mol. The van der Waals surface area contributed by atoms with E-state index >= 15 is 0 Å². The number of para-hydroxylation sites is 2. The van der Waals surface area contributed by atoms with E-state index in [4.69, 9.17) is 4.74 Å². The molecule has 1 atom stereocenters. The zero-order valence-electron chi connectivity index (χ0n) is 15.0. The number of anilines is 1. The highest BCUT2D eigenvalue weighted by Gasteiger charge is 2.37. The minimum atomic E-state index is -2.72. The summed E-state index contributed by atoms with van der Waals surface area (Å²) < 4.78 is 31.9. The molecule has 1 aromatic heterocycles. The third-order valence-electron chi connectivity index (χ3n) is 4.56. The first-order valence-corrected chi connectivity index (χ1v) is 8.40. The first kappa shape index (κ1) is 18.8. The zero-order chi connectivity index (χ0) is 19.6. The summed E-state index contributed by atoms with van der Waals surface area (Å²) in [5, 5.41) is 0. The van der Waals surface area contributed by atoms with Gasteiger partial charge >= 0.3 is 6.55 Å². The van der Waals surface area contributed by atoms with Crippen LogP contribution in [0.25, 0.3) is 0 Å². The van der Waals surface area contributed by atoms with E-state index in [0.29, 0.717) is 16.0 Å². The van der Waals surface area contributed by atoms with Gasteiger partial charge in [0, 0.05) is 32.4 Å². The van der Waals surface area contributed by atoms with Crippen LogP contribution in [0.4, 0.5) is 14.5 Å². The molecule has 27 heavy (non-hydrogen) atoms. The van der Waals surface area contributed by atoms with E-state index in [9.17, 15) is 18.4 Å². The number of imidazole rings is 1. The summed E-state index contributed by atoms with van der Waals surface area (Å²) in [6.07, 6.45) is 2.49. The van der Waals surface area contributed by atoms with Gasteiger partial charge in [0.05, 0.1) is 25.3 Å². The second-order valence-corrected chi connectivity index (χ2v) is 6.30. The van der Waals surface area contributed by atoms with Crippen LogP contribution in [0, 0.1) is 5.92 Å². The Labute approximate surface area is 155 Å². The van der Waals surface area contributed by atoms with Gasteiger partial charge in [0.15, 0.2) is 0 Å². The molecule has 0 radical (unpaired) electrons. The summed E-state index contributed by atoms with van der Waals surface area (Å²) in [6, 6.07) is 7.09. The molecule has 0 aliphatic carbocycles. The van der Waals surface area contributed by atoms with Crippen molar-refractivity contribution in [2.45, 2.75) is 19.5 Å². The van der Waals surface area contributed by atoms with Crippen molar-refractivity contribution >= 4 is 17.5 Å². The Morgan fingerprint density at radius 3 is 2.85 bits per heavy atom. The SMILES string of the molecule is COc1ccccc1N1CC(C(=O)N(C)Cc2nccn2C(F)F)CC1=O. The topological polar surface area (TPSA) is 67.7 Å². The van der Waals surface area contributed by atoms with Crippen LogP contribution >= 0.6 is 0 Å². The first-order valence-electron chi connectivity index (χ1n) is 8.40. The normalized spacial score (nSPS) is 16.9. The lowest BCUT2D eigenvalue weighted by Crippen LogP contribution is -2.35. The van der Waals surface area contributed by atoms with Gasteiger partial charge in [0.25, 0.3) is 0 Å². The van der Waals surface area contributed by atoms with Crippen molar-refractivity contribution in [2.75, 3.05) is 25.6 Å². The summed E-state index contributed by atoms with van der Waals surface area (Å²) in [7, 11) is 3.03. The molecule has 0 saturated carbocycles. The number of benzene rings is 1.